The van der Waals surface area contributed by atoms with Gasteiger partial charge in [0.25, 0.3) is 0 Å². The predicted octanol–water partition coefficient (Wildman–Crippen LogP) is 2.92. The maximum atomic E-state index is 6.06. The van der Waals surface area contributed by atoms with Gasteiger partial charge in [-0.1, -0.05) is 19.1 Å². The first-order chi connectivity index (χ1) is 10.2. The lowest BCUT2D eigenvalue weighted by Gasteiger charge is -2.15. The van der Waals surface area contributed by atoms with Crippen molar-refractivity contribution in [2.45, 2.75) is 45.9 Å². The lowest BCUT2D eigenvalue weighted by atomic mass is 10.0. The molecule has 1 unspecified atom stereocenters. The molecule has 1 atom stereocenters. The summed E-state index contributed by atoms with van der Waals surface area (Å²) in [6.45, 7) is 5.29. The van der Waals surface area contributed by atoms with E-state index in [-0.39, 0.29) is 6.04 Å². The van der Waals surface area contributed by atoms with Crippen LogP contribution < -0.4 is 10.5 Å². The fourth-order valence-electron chi connectivity index (χ4n) is 2.10. The zero-order valence-corrected chi connectivity index (χ0v) is 14.0. The van der Waals surface area contributed by atoms with E-state index >= 15 is 0 Å². The Morgan fingerprint density at radius 3 is 2.90 bits per heavy atom. The third kappa shape index (κ3) is 4.04. The van der Waals surface area contributed by atoms with Crippen LogP contribution in [0.25, 0.3) is 0 Å². The van der Waals surface area contributed by atoms with E-state index in [1.54, 1.807) is 6.33 Å². The van der Waals surface area contributed by atoms with E-state index in [4.69, 9.17) is 10.5 Å². The fraction of sp³-hybridized carbons (Fsp3) is 0.467. The van der Waals surface area contributed by atoms with Crippen LogP contribution in [-0.2, 0) is 19.6 Å². The second-order valence-electron chi connectivity index (χ2n) is 4.88. The summed E-state index contributed by atoms with van der Waals surface area (Å²) in [6.07, 6.45) is 3.29. The molecule has 2 aromatic rings. The number of hydrogen-bond donors (Lipinski definition) is 1. The van der Waals surface area contributed by atoms with Crippen LogP contribution in [0.15, 0.2) is 29.0 Å². The summed E-state index contributed by atoms with van der Waals surface area (Å²) in [6, 6.07) is 6.17. The van der Waals surface area contributed by atoms with Gasteiger partial charge in [-0.3, -0.25) is 0 Å². The molecule has 21 heavy (non-hydrogen) atoms. The summed E-state index contributed by atoms with van der Waals surface area (Å²) < 4.78 is 8.74. The van der Waals surface area contributed by atoms with Gasteiger partial charge in [0.2, 0.25) is 0 Å². The van der Waals surface area contributed by atoms with Crippen molar-refractivity contribution in [1.29, 1.82) is 0 Å². The second kappa shape index (κ2) is 7.56. The first kappa shape index (κ1) is 16.0. The SMILES string of the molecule is CCC(N)Cc1cccc(Br)c1OCc1ncnn1CC. The van der Waals surface area contributed by atoms with E-state index in [0.29, 0.717) is 6.61 Å². The lowest BCUT2D eigenvalue weighted by Crippen LogP contribution is -2.21. The number of ether oxygens (including phenoxy) is 1. The number of nitrogens with zero attached hydrogens (tertiary/aromatic N) is 3. The van der Waals surface area contributed by atoms with Gasteiger partial charge in [-0.2, -0.15) is 5.10 Å². The molecule has 0 saturated carbocycles. The van der Waals surface area contributed by atoms with Gasteiger partial charge in [-0.05, 0) is 47.3 Å². The van der Waals surface area contributed by atoms with E-state index in [9.17, 15) is 0 Å². The molecule has 1 heterocycles. The third-order valence-corrected chi connectivity index (χ3v) is 4.02. The Morgan fingerprint density at radius 1 is 1.38 bits per heavy atom. The van der Waals surface area contributed by atoms with Crippen molar-refractivity contribution < 1.29 is 4.74 Å². The standard InChI is InChI=1S/C15H21BrN4O/c1-3-12(17)8-11-6-5-7-13(16)15(11)21-9-14-18-10-19-20(14)4-2/h5-7,10,12H,3-4,8-9,17H2,1-2H3. The second-order valence-corrected chi connectivity index (χ2v) is 5.74. The molecule has 2 rings (SSSR count). The minimum absolute atomic E-state index is 0.140. The molecule has 114 valence electrons. The average Bonchev–Trinajstić information content (AvgIpc) is 2.94. The molecule has 0 spiro atoms. The normalized spacial score (nSPS) is 12.4. The highest BCUT2D eigenvalue weighted by Gasteiger charge is 2.12. The molecule has 0 amide bonds. The fourth-order valence-corrected chi connectivity index (χ4v) is 2.63. The van der Waals surface area contributed by atoms with Crippen LogP contribution in [0.1, 0.15) is 31.7 Å². The third-order valence-electron chi connectivity index (χ3n) is 3.40. The minimum Gasteiger partial charge on any atom is -0.484 e. The molecule has 0 bridgehead atoms. The van der Waals surface area contributed by atoms with E-state index in [2.05, 4.69) is 39.0 Å². The van der Waals surface area contributed by atoms with E-state index < -0.39 is 0 Å². The quantitative estimate of drug-likeness (QED) is 0.831. The molecule has 0 saturated heterocycles. The largest absolute Gasteiger partial charge is 0.484 e. The highest BCUT2D eigenvalue weighted by Crippen LogP contribution is 2.30. The van der Waals surface area contributed by atoms with Gasteiger partial charge in [-0.25, -0.2) is 9.67 Å². The van der Waals surface area contributed by atoms with Gasteiger partial charge in [0.1, 0.15) is 18.7 Å². The van der Waals surface area contributed by atoms with Crippen LogP contribution in [0.5, 0.6) is 5.75 Å². The zero-order chi connectivity index (χ0) is 15.2. The Labute approximate surface area is 133 Å². The Balaban J connectivity index is 2.15. The number of rotatable bonds is 7. The zero-order valence-electron chi connectivity index (χ0n) is 12.4. The number of nitrogens with two attached hydrogens (primary N) is 1. The number of halogens is 1. The number of para-hydroxylation sites is 1. The van der Waals surface area contributed by atoms with Crippen molar-refractivity contribution in [3.05, 3.63) is 40.4 Å². The van der Waals surface area contributed by atoms with E-state index in [0.717, 1.165) is 41.0 Å². The molecule has 0 fully saturated rings. The van der Waals surface area contributed by atoms with Gasteiger partial charge in [-0.15, -0.1) is 0 Å². The molecule has 1 aromatic carbocycles. The molecule has 0 aliphatic heterocycles. The number of aryl methyl sites for hydroxylation is 1. The topological polar surface area (TPSA) is 66.0 Å². The van der Waals surface area contributed by atoms with Crippen LogP contribution in [-0.4, -0.2) is 20.8 Å². The molecule has 2 N–H and O–H groups in total. The minimum atomic E-state index is 0.140. The highest BCUT2D eigenvalue weighted by molar-refractivity contribution is 9.10. The maximum Gasteiger partial charge on any atom is 0.164 e. The molecule has 0 aliphatic rings. The van der Waals surface area contributed by atoms with E-state index in [1.807, 2.05) is 23.7 Å². The Morgan fingerprint density at radius 2 is 2.19 bits per heavy atom. The average molecular weight is 353 g/mol. The van der Waals surface area contributed by atoms with Gasteiger partial charge in [0.15, 0.2) is 5.82 Å². The molecule has 5 nitrogen and oxygen atoms in total. The van der Waals surface area contributed by atoms with Crippen molar-refractivity contribution in [3.8, 4) is 5.75 Å². The maximum absolute atomic E-state index is 6.06. The summed E-state index contributed by atoms with van der Waals surface area (Å²) in [5.74, 6) is 1.66. The Bertz CT molecular complexity index is 585. The van der Waals surface area contributed by atoms with Crippen molar-refractivity contribution in [2.75, 3.05) is 0 Å². The first-order valence-electron chi connectivity index (χ1n) is 7.18. The lowest BCUT2D eigenvalue weighted by molar-refractivity contribution is 0.282. The summed E-state index contributed by atoms with van der Waals surface area (Å²) in [5, 5.41) is 4.15. The van der Waals surface area contributed by atoms with Gasteiger partial charge < -0.3 is 10.5 Å². The number of hydrogen-bond acceptors (Lipinski definition) is 4. The van der Waals surface area contributed by atoms with Crippen LogP contribution >= 0.6 is 15.9 Å². The van der Waals surface area contributed by atoms with Crippen molar-refractivity contribution in [3.63, 3.8) is 0 Å². The smallest absolute Gasteiger partial charge is 0.164 e. The summed E-state index contributed by atoms with van der Waals surface area (Å²) in [5.41, 5.74) is 7.18. The molecule has 0 aliphatic carbocycles. The molecular weight excluding hydrogens is 332 g/mol. The summed E-state index contributed by atoms with van der Waals surface area (Å²) in [4.78, 5) is 4.23. The van der Waals surface area contributed by atoms with Crippen LogP contribution in [0.2, 0.25) is 0 Å². The molecule has 6 heteroatoms. The van der Waals surface area contributed by atoms with Crippen molar-refractivity contribution in [2.24, 2.45) is 5.73 Å². The molecular formula is C15H21BrN4O. The van der Waals surface area contributed by atoms with Gasteiger partial charge in [0.05, 0.1) is 4.47 Å². The van der Waals surface area contributed by atoms with Gasteiger partial charge >= 0.3 is 0 Å². The monoisotopic (exact) mass is 352 g/mol. The van der Waals surface area contributed by atoms with Crippen LogP contribution in [0.3, 0.4) is 0 Å². The number of benzene rings is 1. The Kier molecular flexibility index (Phi) is 5.76. The molecule has 0 radical (unpaired) electrons. The first-order valence-corrected chi connectivity index (χ1v) is 7.97. The Hall–Kier alpha value is -1.40. The molecule has 1 aromatic heterocycles. The van der Waals surface area contributed by atoms with Crippen molar-refractivity contribution >= 4 is 15.9 Å². The van der Waals surface area contributed by atoms with Crippen molar-refractivity contribution in [1.82, 2.24) is 14.8 Å². The summed E-state index contributed by atoms with van der Waals surface area (Å²) >= 11 is 3.55. The van der Waals surface area contributed by atoms with E-state index in [1.165, 1.54) is 0 Å². The highest BCUT2D eigenvalue weighted by atomic mass is 79.9. The van der Waals surface area contributed by atoms with Gasteiger partial charge in [0, 0.05) is 12.6 Å². The van der Waals surface area contributed by atoms with Crippen LogP contribution in [0, 0.1) is 0 Å². The van der Waals surface area contributed by atoms with Crippen LogP contribution in [0.4, 0.5) is 0 Å². The number of aromatic nitrogens is 3. The predicted molar refractivity (Wildman–Crippen MR) is 86.1 cm³/mol. The summed E-state index contributed by atoms with van der Waals surface area (Å²) in [7, 11) is 0.